The highest BCUT2D eigenvalue weighted by Gasteiger charge is 2.44. The van der Waals surface area contributed by atoms with Crippen molar-refractivity contribution >= 4 is 17.6 Å². The number of likely N-dealkylation sites (tertiary alicyclic amines) is 1. The van der Waals surface area contributed by atoms with Gasteiger partial charge in [0.05, 0.1) is 5.92 Å². The predicted molar refractivity (Wildman–Crippen MR) is 128 cm³/mol. The Labute approximate surface area is 194 Å². The second-order valence-electron chi connectivity index (χ2n) is 8.91. The summed E-state index contributed by atoms with van der Waals surface area (Å²) in [5, 5.41) is 10.1. The molecule has 5 rings (SSSR count). The van der Waals surface area contributed by atoms with Crippen LogP contribution in [0, 0.1) is 0 Å². The van der Waals surface area contributed by atoms with Crippen LogP contribution in [0.2, 0.25) is 0 Å². The van der Waals surface area contributed by atoms with Crippen LogP contribution in [-0.2, 0) is 16.0 Å². The number of rotatable bonds is 5. The Morgan fingerprint density at radius 3 is 2.09 bits per heavy atom. The highest BCUT2D eigenvalue weighted by molar-refractivity contribution is 5.91. The van der Waals surface area contributed by atoms with E-state index >= 15 is 0 Å². The maximum atomic E-state index is 14.0. The molecule has 168 valence electrons. The van der Waals surface area contributed by atoms with Gasteiger partial charge in [0, 0.05) is 31.2 Å². The van der Waals surface area contributed by atoms with Crippen molar-refractivity contribution in [3.8, 4) is 0 Å². The molecule has 1 amide bonds. The van der Waals surface area contributed by atoms with Gasteiger partial charge in [0.25, 0.3) is 0 Å². The highest BCUT2D eigenvalue weighted by atomic mass is 16.4. The number of anilines is 1. The first kappa shape index (κ1) is 21.3. The summed E-state index contributed by atoms with van der Waals surface area (Å²) in [5.74, 6) is -1.61. The van der Waals surface area contributed by atoms with Crippen LogP contribution in [0.25, 0.3) is 0 Å². The summed E-state index contributed by atoms with van der Waals surface area (Å²) < 4.78 is 0. The van der Waals surface area contributed by atoms with E-state index in [4.69, 9.17) is 0 Å². The van der Waals surface area contributed by atoms with E-state index in [1.807, 2.05) is 66.7 Å². The molecule has 1 fully saturated rings. The van der Waals surface area contributed by atoms with Crippen molar-refractivity contribution in [2.45, 2.75) is 37.3 Å². The zero-order valence-electron chi connectivity index (χ0n) is 18.5. The minimum Gasteiger partial charge on any atom is -0.480 e. The molecule has 0 radical (unpaired) electrons. The summed E-state index contributed by atoms with van der Waals surface area (Å²) in [6.07, 6.45) is 2.51. The average Bonchev–Trinajstić information content (AvgIpc) is 3.31. The van der Waals surface area contributed by atoms with Gasteiger partial charge in [-0.05, 0) is 35.6 Å². The molecule has 0 aromatic heterocycles. The van der Waals surface area contributed by atoms with Crippen LogP contribution >= 0.6 is 0 Å². The third kappa shape index (κ3) is 4.11. The molecule has 0 bridgehead atoms. The standard InChI is InChI=1S/C28H28N2O3/c31-27(26(21-11-3-1-4-12-21)22-13-5-2-6-14-22)30-19-23(18-25(30)28(32)33)29-17-9-15-20-10-7-8-16-24(20)29/h1-8,10-14,16,23,25-26H,9,15,17-19H2,(H,32,33)/t23-,25-/m0/s1. The van der Waals surface area contributed by atoms with Crippen molar-refractivity contribution in [2.24, 2.45) is 0 Å². The van der Waals surface area contributed by atoms with E-state index in [-0.39, 0.29) is 11.9 Å². The maximum Gasteiger partial charge on any atom is 0.326 e. The van der Waals surface area contributed by atoms with Crippen LogP contribution in [0.5, 0.6) is 0 Å². The van der Waals surface area contributed by atoms with Gasteiger partial charge in [0.15, 0.2) is 0 Å². The average molecular weight is 441 g/mol. The first-order chi connectivity index (χ1) is 16.1. The van der Waals surface area contributed by atoms with Crippen molar-refractivity contribution in [1.29, 1.82) is 0 Å². The first-order valence-corrected chi connectivity index (χ1v) is 11.6. The van der Waals surface area contributed by atoms with E-state index in [1.54, 1.807) is 4.90 Å². The number of aliphatic carboxylic acids is 1. The number of para-hydroxylation sites is 1. The Morgan fingerprint density at radius 2 is 1.45 bits per heavy atom. The molecule has 0 unspecified atom stereocenters. The van der Waals surface area contributed by atoms with Gasteiger partial charge >= 0.3 is 5.97 Å². The van der Waals surface area contributed by atoms with Crippen molar-refractivity contribution in [2.75, 3.05) is 18.0 Å². The summed E-state index contributed by atoms with van der Waals surface area (Å²) in [5.41, 5.74) is 4.23. The van der Waals surface area contributed by atoms with Crippen LogP contribution < -0.4 is 4.90 Å². The fourth-order valence-corrected chi connectivity index (χ4v) is 5.39. The van der Waals surface area contributed by atoms with Gasteiger partial charge in [-0.15, -0.1) is 0 Å². The largest absolute Gasteiger partial charge is 0.480 e. The minimum absolute atomic E-state index is 0.0105. The number of hydrogen-bond acceptors (Lipinski definition) is 3. The van der Waals surface area contributed by atoms with Gasteiger partial charge in [-0.1, -0.05) is 78.9 Å². The van der Waals surface area contributed by atoms with Crippen LogP contribution in [-0.4, -0.2) is 47.1 Å². The topological polar surface area (TPSA) is 60.9 Å². The number of carbonyl (C=O) groups excluding carboxylic acids is 1. The van der Waals surface area contributed by atoms with E-state index in [1.165, 1.54) is 11.3 Å². The zero-order valence-corrected chi connectivity index (χ0v) is 18.5. The molecule has 2 aliphatic heterocycles. The molecule has 0 aliphatic carbocycles. The van der Waals surface area contributed by atoms with Crippen LogP contribution in [0.3, 0.4) is 0 Å². The second-order valence-corrected chi connectivity index (χ2v) is 8.91. The molecule has 2 heterocycles. The summed E-state index contributed by atoms with van der Waals surface area (Å²) >= 11 is 0. The number of nitrogens with zero attached hydrogens (tertiary/aromatic N) is 2. The van der Waals surface area contributed by atoms with Gasteiger partial charge in [-0.2, -0.15) is 0 Å². The molecule has 0 saturated carbocycles. The lowest BCUT2D eigenvalue weighted by Gasteiger charge is -2.36. The zero-order chi connectivity index (χ0) is 22.8. The number of carboxylic acid groups (broad SMARTS) is 1. The molecule has 1 N–H and O–H groups in total. The van der Waals surface area contributed by atoms with E-state index in [0.29, 0.717) is 13.0 Å². The number of hydrogen-bond donors (Lipinski definition) is 1. The van der Waals surface area contributed by atoms with E-state index in [0.717, 1.165) is 30.5 Å². The minimum atomic E-state index is -0.934. The second kappa shape index (κ2) is 9.10. The number of amides is 1. The molecule has 2 aliphatic rings. The lowest BCUT2D eigenvalue weighted by Crippen LogP contribution is -2.44. The quantitative estimate of drug-likeness (QED) is 0.642. The molecule has 5 nitrogen and oxygen atoms in total. The fraction of sp³-hybridized carbons (Fsp3) is 0.286. The number of aryl methyl sites for hydroxylation is 1. The molecule has 0 spiro atoms. The van der Waals surface area contributed by atoms with Crippen molar-refractivity contribution < 1.29 is 14.7 Å². The van der Waals surface area contributed by atoms with E-state index < -0.39 is 17.9 Å². The van der Waals surface area contributed by atoms with Crippen molar-refractivity contribution in [1.82, 2.24) is 4.90 Å². The summed E-state index contributed by atoms with van der Waals surface area (Å²) in [6, 6.07) is 26.8. The Kier molecular flexibility index (Phi) is 5.86. The monoisotopic (exact) mass is 440 g/mol. The molecule has 1 saturated heterocycles. The van der Waals surface area contributed by atoms with Crippen LogP contribution in [0.4, 0.5) is 5.69 Å². The third-order valence-electron chi connectivity index (χ3n) is 6.95. The Hall–Kier alpha value is -3.60. The van der Waals surface area contributed by atoms with Gasteiger partial charge in [0.2, 0.25) is 5.91 Å². The molecule has 2 atom stereocenters. The van der Waals surface area contributed by atoms with E-state index in [2.05, 4.69) is 23.1 Å². The fourth-order valence-electron chi connectivity index (χ4n) is 5.39. The van der Waals surface area contributed by atoms with Crippen LogP contribution in [0.1, 0.15) is 35.4 Å². The summed E-state index contributed by atoms with van der Waals surface area (Å²) in [7, 11) is 0. The molecule has 5 heteroatoms. The molecular weight excluding hydrogens is 412 g/mol. The van der Waals surface area contributed by atoms with Gasteiger partial charge in [0.1, 0.15) is 6.04 Å². The number of benzene rings is 3. The number of carbonyl (C=O) groups is 2. The Morgan fingerprint density at radius 1 is 0.848 bits per heavy atom. The third-order valence-corrected chi connectivity index (χ3v) is 6.95. The molecule has 33 heavy (non-hydrogen) atoms. The Balaban J connectivity index is 1.48. The smallest absolute Gasteiger partial charge is 0.326 e. The number of carboxylic acids is 1. The SMILES string of the molecule is O=C(O)[C@@H]1C[C@H](N2CCCc3ccccc32)CN1C(=O)C(c1ccccc1)c1ccccc1. The Bertz CT molecular complexity index is 1090. The predicted octanol–water partition coefficient (Wildman–Crippen LogP) is 4.33. The molecule has 3 aromatic rings. The van der Waals surface area contributed by atoms with Gasteiger partial charge < -0.3 is 14.9 Å². The van der Waals surface area contributed by atoms with Crippen LogP contribution in [0.15, 0.2) is 84.9 Å². The lowest BCUT2D eigenvalue weighted by molar-refractivity contribution is -0.148. The molecule has 3 aromatic carbocycles. The summed E-state index contributed by atoms with van der Waals surface area (Å²) in [6.45, 7) is 1.30. The lowest BCUT2D eigenvalue weighted by atomic mass is 9.90. The first-order valence-electron chi connectivity index (χ1n) is 11.6. The highest BCUT2D eigenvalue weighted by Crippen LogP contribution is 2.35. The maximum absolute atomic E-state index is 14.0. The van der Waals surface area contributed by atoms with Crippen molar-refractivity contribution in [3.05, 3.63) is 102 Å². The summed E-state index contributed by atoms with van der Waals surface area (Å²) in [4.78, 5) is 30.2. The van der Waals surface area contributed by atoms with Gasteiger partial charge in [-0.3, -0.25) is 4.79 Å². The van der Waals surface area contributed by atoms with Gasteiger partial charge in [-0.25, -0.2) is 4.79 Å². The normalized spacial score (nSPS) is 20.0. The molecular formula is C28H28N2O3. The van der Waals surface area contributed by atoms with Crippen molar-refractivity contribution in [3.63, 3.8) is 0 Å². The van der Waals surface area contributed by atoms with E-state index in [9.17, 15) is 14.7 Å². The number of fused-ring (bicyclic) bond motifs is 1.